The second-order valence-corrected chi connectivity index (χ2v) is 9.99. The molecule has 0 spiro atoms. The summed E-state index contributed by atoms with van der Waals surface area (Å²) in [5, 5.41) is 19.5. The molecule has 0 radical (unpaired) electrons. The Labute approximate surface area is 226 Å². The van der Waals surface area contributed by atoms with E-state index in [1.54, 1.807) is 13.2 Å². The molecule has 1 saturated heterocycles. The molecule has 1 aromatic heterocycles. The van der Waals surface area contributed by atoms with Crippen molar-refractivity contribution in [3.8, 4) is 0 Å². The van der Waals surface area contributed by atoms with Crippen molar-refractivity contribution in [2.75, 3.05) is 26.8 Å². The van der Waals surface area contributed by atoms with Crippen molar-refractivity contribution < 1.29 is 19.4 Å². The van der Waals surface area contributed by atoms with E-state index in [2.05, 4.69) is 5.32 Å². The van der Waals surface area contributed by atoms with Crippen LogP contribution in [0, 0.1) is 0 Å². The zero-order chi connectivity index (χ0) is 27.1. The fraction of sp³-hybridized carbons (Fsp3) is 0.429. The van der Waals surface area contributed by atoms with Crippen LogP contribution in [-0.2, 0) is 27.3 Å². The van der Waals surface area contributed by atoms with E-state index in [0.29, 0.717) is 36.5 Å². The first-order chi connectivity index (χ1) is 18.4. The van der Waals surface area contributed by atoms with Gasteiger partial charge in [0.2, 0.25) is 5.91 Å². The van der Waals surface area contributed by atoms with Crippen LogP contribution in [0.1, 0.15) is 36.9 Å². The molecule has 2 aromatic carbocycles. The van der Waals surface area contributed by atoms with E-state index in [1.807, 2.05) is 47.4 Å². The second kappa shape index (κ2) is 13.0. The Morgan fingerprint density at radius 3 is 2.63 bits per heavy atom. The maximum atomic E-state index is 13.4. The number of fused-ring (bicyclic) bond motifs is 1. The monoisotopic (exact) mass is 540 g/mol. The summed E-state index contributed by atoms with van der Waals surface area (Å²) in [5.74, 6) is -1.17. The molecule has 2 atom stereocenters. The van der Waals surface area contributed by atoms with Crippen molar-refractivity contribution in [1.29, 1.82) is 0 Å². The van der Waals surface area contributed by atoms with Gasteiger partial charge in [-0.3, -0.25) is 19.3 Å². The average Bonchev–Trinajstić information content (AvgIpc) is 3.36. The first-order valence-corrected chi connectivity index (χ1v) is 13.2. The third kappa shape index (κ3) is 6.78. The van der Waals surface area contributed by atoms with Gasteiger partial charge < -0.3 is 15.2 Å². The lowest BCUT2D eigenvalue weighted by Gasteiger charge is -2.30. The lowest BCUT2D eigenvalue weighted by atomic mass is 10.0. The minimum absolute atomic E-state index is 0.101. The standard InChI is InChI=1S/C28H33ClN4O5/c1-38-16-14-30-26(34)13-12-25(28(36)37)32-15-4-5-21(32)18-33-27(35)23-7-3-2-6-22(23)24(31-33)17-19-8-10-20(29)11-9-19/h2-3,6-11,21,25H,4-5,12-18H2,1H3,(H,30,34)(H,36,37)/t21-,25?/m1/s1. The van der Waals surface area contributed by atoms with Crippen LogP contribution in [0.4, 0.5) is 0 Å². The molecule has 1 fully saturated rings. The number of nitrogens with zero attached hydrogens (tertiary/aromatic N) is 3. The van der Waals surface area contributed by atoms with Crippen LogP contribution in [0.3, 0.4) is 0 Å². The number of hydrogen-bond acceptors (Lipinski definition) is 6. The van der Waals surface area contributed by atoms with Gasteiger partial charge in [0.05, 0.1) is 24.2 Å². The molecule has 1 unspecified atom stereocenters. The maximum absolute atomic E-state index is 13.4. The van der Waals surface area contributed by atoms with E-state index < -0.39 is 12.0 Å². The Bertz CT molecular complexity index is 1330. The fourth-order valence-corrected chi connectivity index (χ4v) is 5.23. The smallest absolute Gasteiger partial charge is 0.320 e. The van der Waals surface area contributed by atoms with Crippen molar-refractivity contribution >= 4 is 34.2 Å². The third-order valence-electron chi connectivity index (χ3n) is 6.99. The lowest BCUT2D eigenvalue weighted by Crippen LogP contribution is -2.47. The molecule has 10 heteroatoms. The number of hydrogen-bond donors (Lipinski definition) is 2. The number of methoxy groups -OCH3 is 1. The van der Waals surface area contributed by atoms with Gasteiger partial charge in [0, 0.05) is 42.9 Å². The molecule has 0 saturated carbocycles. The highest BCUT2D eigenvalue weighted by atomic mass is 35.5. The number of halogens is 1. The number of aromatic nitrogens is 2. The first kappa shape index (κ1) is 27.8. The van der Waals surface area contributed by atoms with Crippen LogP contribution >= 0.6 is 11.6 Å². The SMILES string of the molecule is COCCNC(=O)CCC(C(=O)O)N1CCC[C@@H]1Cn1nc(Cc2ccc(Cl)cc2)c2ccccc2c1=O. The van der Waals surface area contributed by atoms with Crippen molar-refractivity contribution in [3.63, 3.8) is 0 Å². The predicted octanol–water partition coefficient (Wildman–Crippen LogP) is 3.10. The molecule has 0 aliphatic carbocycles. The van der Waals surface area contributed by atoms with E-state index in [-0.39, 0.29) is 36.9 Å². The van der Waals surface area contributed by atoms with Gasteiger partial charge in [-0.1, -0.05) is 41.9 Å². The summed E-state index contributed by atoms with van der Waals surface area (Å²) in [4.78, 5) is 39.7. The van der Waals surface area contributed by atoms with Crippen LogP contribution in [-0.4, -0.2) is 70.6 Å². The molecule has 0 bridgehead atoms. The second-order valence-electron chi connectivity index (χ2n) is 9.55. The van der Waals surface area contributed by atoms with Gasteiger partial charge in [0.25, 0.3) is 5.56 Å². The highest BCUT2D eigenvalue weighted by Gasteiger charge is 2.35. The topological polar surface area (TPSA) is 114 Å². The van der Waals surface area contributed by atoms with E-state index >= 15 is 0 Å². The van der Waals surface area contributed by atoms with Crippen LogP contribution < -0.4 is 10.9 Å². The normalized spacial score (nSPS) is 16.5. The third-order valence-corrected chi connectivity index (χ3v) is 7.25. The highest BCUT2D eigenvalue weighted by molar-refractivity contribution is 6.30. The zero-order valence-electron chi connectivity index (χ0n) is 21.4. The molecule has 202 valence electrons. The van der Waals surface area contributed by atoms with Crippen LogP contribution in [0.5, 0.6) is 0 Å². The summed E-state index contributed by atoms with van der Waals surface area (Å²) >= 11 is 6.05. The highest BCUT2D eigenvalue weighted by Crippen LogP contribution is 2.25. The Balaban J connectivity index is 1.55. The quantitative estimate of drug-likeness (QED) is 0.339. The van der Waals surface area contributed by atoms with Gasteiger partial charge in [-0.25, -0.2) is 4.68 Å². The predicted molar refractivity (Wildman–Crippen MR) is 146 cm³/mol. The molecule has 1 aliphatic rings. The van der Waals surface area contributed by atoms with Crippen molar-refractivity contribution in [1.82, 2.24) is 20.0 Å². The van der Waals surface area contributed by atoms with E-state index in [4.69, 9.17) is 21.4 Å². The Hall–Kier alpha value is -3.27. The molecule has 38 heavy (non-hydrogen) atoms. The van der Waals surface area contributed by atoms with Crippen molar-refractivity contribution in [3.05, 3.63) is 75.2 Å². The summed E-state index contributed by atoms with van der Waals surface area (Å²) in [6.45, 7) is 1.65. The maximum Gasteiger partial charge on any atom is 0.320 e. The summed E-state index contributed by atoms with van der Waals surface area (Å²) in [7, 11) is 1.55. The number of aliphatic carboxylic acids is 1. The van der Waals surface area contributed by atoms with Gasteiger partial charge in [0.15, 0.2) is 0 Å². The largest absolute Gasteiger partial charge is 0.480 e. The fourth-order valence-electron chi connectivity index (χ4n) is 5.10. The Kier molecular flexibility index (Phi) is 9.49. The van der Waals surface area contributed by atoms with Crippen LogP contribution in [0.2, 0.25) is 5.02 Å². The summed E-state index contributed by atoms with van der Waals surface area (Å²) in [6, 6.07) is 14.0. The minimum atomic E-state index is -0.969. The number of carbonyl (C=O) groups excluding carboxylic acids is 1. The molecule has 2 N–H and O–H groups in total. The number of ether oxygens (including phenoxy) is 1. The number of carboxylic acids is 1. The number of carbonyl (C=O) groups is 2. The molecular formula is C28H33ClN4O5. The molecule has 3 aromatic rings. The average molecular weight is 541 g/mol. The number of likely N-dealkylation sites (tertiary alicyclic amines) is 1. The number of rotatable bonds is 12. The van der Waals surface area contributed by atoms with Gasteiger partial charge in [-0.15, -0.1) is 0 Å². The van der Waals surface area contributed by atoms with Gasteiger partial charge >= 0.3 is 5.97 Å². The van der Waals surface area contributed by atoms with E-state index in [0.717, 1.165) is 29.5 Å². The molecule has 1 amide bonds. The molecule has 1 aliphatic heterocycles. The van der Waals surface area contributed by atoms with Gasteiger partial charge in [-0.2, -0.15) is 5.10 Å². The van der Waals surface area contributed by atoms with Crippen LogP contribution in [0.15, 0.2) is 53.3 Å². The summed E-state index contributed by atoms with van der Waals surface area (Å²) < 4.78 is 6.41. The van der Waals surface area contributed by atoms with Gasteiger partial charge in [-0.05, 0) is 49.6 Å². The number of carboxylic acid groups (broad SMARTS) is 1. The van der Waals surface area contributed by atoms with E-state index in [9.17, 15) is 19.5 Å². The number of nitrogens with one attached hydrogen (secondary N) is 1. The molecule has 4 rings (SSSR count). The Morgan fingerprint density at radius 1 is 1.18 bits per heavy atom. The summed E-state index contributed by atoms with van der Waals surface area (Å²) in [6.07, 6.45) is 2.38. The minimum Gasteiger partial charge on any atom is -0.480 e. The molecule has 9 nitrogen and oxygen atoms in total. The summed E-state index contributed by atoms with van der Waals surface area (Å²) in [5.41, 5.74) is 1.60. The molecule has 2 heterocycles. The number of benzene rings is 2. The van der Waals surface area contributed by atoms with Gasteiger partial charge in [0.1, 0.15) is 6.04 Å². The zero-order valence-corrected chi connectivity index (χ0v) is 22.2. The van der Waals surface area contributed by atoms with Crippen molar-refractivity contribution in [2.45, 2.75) is 50.7 Å². The van der Waals surface area contributed by atoms with Crippen molar-refractivity contribution in [2.24, 2.45) is 0 Å². The number of amides is 1. The van der Waals surface area contributed by atoms with E-state index in [1.165, 1.54) is 4.68 Å². The Morgan fingerprint density at radius 2 is 1.92 bits per heavy atom. The lowest BCUT2D eigenvalue weighted by molar-refractivity contribution is -0.144. The first-order valence-electron chi connectivity index (χ1n) is 12.8. The van der Waals surface area contributed by atoms with Crippen LogP contribution in [0.25, 0.3) is 10.8 Å². The molecular weight excluding hydrogens is 508 g/mol.